The van der Waals surface area contributed by atoms with E-state index in [2.05, 4.69) is 41.5 Å². The molecule has 8 nitrogen and oxygen atoms in total. The topological polar surface area (TPSA) is 105 Å². The fourth-order valence-electron chi connectivity index (χ4n) is 4.45. The van der Waals surface area contributed by atoms with Crippen molar-refractivity contribution >= 4 is 78.8 Å². The van der Waals surface area contributed by atoms with Gasteiger partial charge in [-0.05, 0) is 0 Å². The first-order chi connectivity index (χ1) is 21.9. The third-order valence-corrected chi connectivity index (χ3v) is 17.2. The summed E-state index contributed by atoms with van der Waals surface area (Å²) in [6.07, 6.45) is 13.2. The second kappa shape index (κ2) is 29.6. The standard InChI is InChI=1S/3C10H20O2S.C4H7O2.Sn/c3*1-9(2)6-4-3-5-7-13-8-10(11)12;1-3-4(5)6-2;/h3*9H,3-8H2,1-2H3,(H,11,12);1,3H2,2H3;/q;;;;+3/p-3. The number of unbranched alkanes of at least 4 members (excludes halogenated alkanes) is 6. The van der Waals surface area contributed by atoms with Crippen LogP contribution in [0.15, 0.2) is 0 Å². The summed E-state index contributed by atoms with van der Waals surface area (Å²) in [5.74, 6) is 2.35. The Labute approximate surface area is 299 Å². The zero-order chi connectivity index (χ0) is 34.6. The predicted octanol–water partition coefficient (Wildman–Crippen LogP) is 8.97. The summed E-state index contributed by atoms with van der Waals surface area (Å²) >= 11 is -0.845. The number of ether oxygens (including phenoxy) is 1. The molecule has 0 aromatic heterocycles. The van der Waals surface area contributed by atoms with E-state index in [0.717, 1.165) is 75.0 Å². The van der Waals surface area contributed by atoms with Crippen LogP contribution in [0.5, 0.6) is 0 Å². The van der Waals surface area contributed by atoms with Crippen molar-refractivity contribution < 1.29 is 33.1 Å². The Balaban J connectivity index is 5.31. The number of carbonyl (C=O) groups excluding carboxylic acids is 4. The van der Waals surface area contributed by atoms with Gasteiger partial charge in [-0.25, -0.2) is 0 Å². The van der Waals surface area contributed by atoms with E-state index in [1.807, 2.05) is 0 Å². The van der Waals surface area contributed by atoms with E-state index in [1.54, 1.807) is 0 Å². The van der Waals surface area contributed by atoms with Crippen molar-refractivity contribution in [1.82, 2.24) is 0 Å². The van der Waals surface area contributed by atoms with E-state index in [9.17, 15) is 19.2 Å². The van der Waals surface area contributed by atoms with Crippen LogP contribution in [-0.4, -0.2) is 85.1 Å². The number of carbonyl (C=O) groups is 4. The number of esters is 1. The summed E-state index contributed by atoms with van der Waals surface area (Å²) in [6.45, 7) is 13.3. The first kappa shape index (κ1) is 45.7. The molecule has 0 aromatic carbocycles. The number of thioether (sulfide) groups is 3. The SMILES string of the molecule is COC(=O)C[CH2][Sn]([O]C(=O)CSCCCCCC(C)C)([O]C(=O)CSCCCCCC(C)C)[O]C(=O)CSCCCCCC(C)C. The first-order valence-electron chi connectivity index (χ1n) is 17.3. The van der Waals surface area contributed by atoms with Crippen LogP contribution in [0.2, 0.25) is 4.44 Å². The van der Waals surface area contributed by atoms with Crippen LogP contribution < -0.4 is 0 Å². The average Bonchev–Trinajstić information content (AvgIpc) is 2.97. The predicted molar refractivity (Wildman–Crippen MR) is 197 cm³/mol. The van der Waals surface area contributed by atoms with Gasteiger partial charge in [0.05, 0.1) is 0 Å². The third-order valence-electron chi connectivity index (χ3n) is 7.04. The molecular formula is C34H64O8S3Sn. The van der Waals surface area contributed by atoms with E-state index < -0.39 is 43.5 Å². The molecule has 0 rings (SSSR count). The van der Waals surface area contributed by atoms with Crippen LogP contribution >= 0.6 is 35.3 Å². The molecule has 0 N–H and O–H groups in total. The Morgan fingerprint density at radius 2 is 0.826 bits per heavy atom. The zero-order valence-corrected chi connectivity index (χ0v) is 35.2. The van der Waals surface area contributed by atoms with Gasteiger partial charge in [0.25, 0.3) is 0 Å². The Hall–Kier alpha value is -0.271. The number of hydrogen-bond donors (Lipinski definition) is 0. The number of methoxy groups -OCH3 is 1. The van der Waals surface area contributed by atoms with Gasteiger partial charge >= 0.3 is 301 Å². The molecule has 0 saturated heterocycles. The summed E-state index contributed by atoms with van der Waals surface area (Å²) in [7, 11) is 1.26. The van der Waals surface area contributed by atoms with Crippen molar-refractivity contribution in [2.45, 2.75) is 129 Å². The van der Waals surface area contributed by atoms with Crippen molar-refractivity contribution in [3.63, 3.8) is 0 Å². The van der Waals surface area contributed by atoms with Crippen molar-refractivity contribution in [3.05, 3.63) is 0 Å². The monoisotopic (exact) mass is 816 g/mol. The minimum absolute atomic E-state index is 0.0619. The molecule has 270 valence electrons. The van der Waals surface area contributed by atoms with Crippen LogP contribution in [0.4, 0.5) is 0 Å². The van der Waals surface area contributed by atoms with Crippen molar-refractivity contribution in [3.8, 4) is 0 Å². The van der Waals surface area contributed by atoms with Crippen LogP contribution in [-0.2, 0) is 33.1 Å². The maximum atomic E-state index is 13.0. The van der Waals surface area contributed by atoms with Crippen LogP contribution in [0, 0.1) is 17.8 Å². The molecule has 0 saturated carbocycles. The van der Waals surface area contributed by atoms with Crippen molar-refractivity contribution in [2.75, 3.05) is 41.6 Å². The quantitative estimate of drug-likeness (QED) is 0.0394. The van der Waals surface area contributed by atoms with Gasteiger partial charge in [0, 0.05) is 0 Å². The summed E-state index contributed by atoms with van der Waals surface area (Å²) < 4.78 is 22.2. The van der Waals surface area contributed by atoms with Crippen LogP contribution in [0.3, 0.4) is 0 Å². The fourth-order valence-corrected chi connectivity index (χ4v) is 14.0. The second-order valence-corrected chi connectivity index (χ2v) is 23.5. The van der Waals surface area contributed by atoms with E-state index in [0.29, 0.717) is 17.8 Å². The summed E-state index contributed by atoms with van der Waals surface area (Å²) in [5.41, 5.74) is 0. The first-order valence-corrected chi connectivity index (χ1v) is 26.3. The molecule has 0 heterocycles. The van der Waals surface area contributed by atoms with Gasteiger partial charge in [0.1, 0.15) is 0 Å². The molecule has 46 heavy (non-hydrogen) atoms. The van der Waals surface area contributed by atoms with Gasteiger partial charge in [-0.1, -0.05) is 0 Å². The van der Waals surface area contributed by atoms with Gasteiger partial charge < -0.3 is 0 Å². The van der Waals surface area contributed by atoms with Gasteiger partial charge in [-0.15, -0.1) is 0 Å². The van der Waals surface area contributed by atoms with Gasteiger partial charge in [0.15, 0.2) is 0 Å². The summed E-state index contributed by atoms with van der Waals surface area (Å²) in [5, 5.41) is 0. The molecule has 0 fully saturated rings. The normalized spacial score (nSPS) is 11.7. The van der Waals surface area contributed by atoms with Gasteiger partial charge in [-0.2, -0.15) is 0 Å². The van der Waals surface area contributed by atoms with Crippen molar-refractivity contribution in [1.29, 1.82) is 0 Å². The Bertz CT molecular complexity index is 738. The Morgan fingerprint density at radius 3 is 1.11 bits per heavy atom. The molecule has 0 spiro atoms. The van der Waals surface area contributed by atoms with Gasteiger partial charge in [-0.3, -0.25) is 0 Å². The average molecular weight is 816 g/mol. The second-order valence-electron chi connectivity index (χ2n) is 13.1. The molecule has 0 amide bonds. The molecule has 0 bridgehead atoms. The maximum absolute atomic E-state index is 13.0. The third kappa shape index (κ3) is 28.7. The molecule has 0 unspecified atom stereocenters. The number of rotatable bonds is 30. The molecular weight excluding hydrogens is 751 g/mol. The zero-order valence-electron chi connectivity index (χ0n) is 29.9. The molecule has 0 aliphatic heterocycles. The van der Waals surface area contributed by atoms with Gasteiger partial charge in [0.2, 0.25) is 0 Å². The number of hydrogen-bond acceptors (Lipinski definition) is 11. The van der Waals surface area contributed by atoms with E-state index in [4.69, 9.17) is 14.0 Å². The van der Waals surface area contributed by atoms with Crippen molar-refractivity contribution in [2.24, 2.45) is 17.8 Å². The Kier molecular flexibility index (Phi) is 29.5. The van der Waals surface area contributed by atoms with Crippen LogP contribution in [0.25, 0.3) is 0 Å². The Morgan fingerprint density at radius 1 is 0.500 bits per heavy atom. The molecule has 0 aliphatic carbocycles. The van der Waals surface area contributed by atoms with E-state index in [-0.39, 0.29) is 28.1 Å². The molecule has 0 aliphatic rings. The molecule has 12 heteroatoms. The summed E-state index contributed by atoms with van der Waals surface area (Å²) in [4.78, 5) is 51.2. The fraction of sp³-hybridized carbons (Fsp3) is 0.882. The van der Waals surface area contributed by atoms with Crippen LogP contribution in [0.1, 0.15) is 125 Å². The molecule has 0 atom stereocenters. The molecule has 0 radical (unpaired) electrons. The minimum atomic E-state index is -5.21. The van der Waals surface area contributed by atoms with E-state index in [1.165, 1.54) is 61.7 Å². The van der Waals surface area contributed by atoms with E-state index >= 15 is 0 Å². The molecule has 0 aromatic rings. The summed E-state index contributed by atoms with van der Waals surface area (Å²) in [6, 6.07) is 0.